The molecule has 0 aliphatic heterocycles. The van der Waals surface area contributed by atoms with E-state index in [9.17, 15) is 18.3 Å². The fourth-order valence-corrected chi connectivity index (χ4v) is 2.71. The number of hydrogen-bond donors (Lipinski definition) is 3. The predicted octanol–water partition coefficient (Wildman–Crippen LogP) is -0.441. The molecule has 2 rings (SSSR count). The highest BCUT2D eigenvalue weighted by Gasteiger charge is 2.36. The summed E-state index contributed by atoms with van der Waals surface area (Å²) >= 11 is 0. The smallest absolute Gasteiger partial charge is 0.235 e. The average molecular weight is 313 g/mol. The second-order valence-electron chi connectivity index (χ2n) is 5.28. The second kappa shape index (κ2) is 6.50. The molecule has 1 aliphatic rings. The molecule has 1 saturated carbocycles. The molecule has 1 amide bonds. The maximum Gasteiger partial charge on any atom is 0.235 e. The van der Waals surface area contributed by atoms with E-state index in [1.807, 2.05) is 6.07 Å². The molecule has 7 nitrogen and oxygen atoms in total. The van der Waals surface area contributed by atoms with Crippen LogP contribution < -0.4 is 10.0 Å². The van der Waals surface area contributed by atoms with Crippen molar-refractivity contribution in [1.29, 1.82) is 0 Å². The normalized spacial score (nSPS) is 23.1. The molecule has 0 radical (unpaired) electrons. The van der Waals surface area contributed by atoms with Crippen molar-refractivity contribution < 1.29 is 18.3 Å². The van der Waals surface area contributed by atoms with Crippen molar-refractivity contribution in [3.05, 3.63) is 30.1 Å². The summed E-state index contributed by atoms with van der Waals surface area (Å²) in [6.07, 6.45) is 3.49. The third kappa shape index (κ3) is 4.76. The Kier molecular flexibility index (Phi) is 4.92. The Balaban J connectivity index is 2.01. The molecular weight excluding hydrogens is 294 g/mol. The lowest BCUT2D eigenvalue weighted by atomic mass is 9.76. The maximum atomic E-state index is 11.9. The van der Waals surface area contributed by atoms with Gasteiger partial charge in [-0.05, 0) is 30.9 Å². The Labute approximate surface area is 123 Å². The highest BCUT2D eigenvalue weighted by Crippen LogP contribution is 2.37. The summed E-state index contributed by atoms with van der Waals surface area (Å²) in [5.74, 6) is -0.311. The van der Waals surface area contributed by atoms with Gasteiger partial charge in [-0.2, -0.15) is 0 Å². The lowest BCUT2D eigenvalue weighted by Crippen LogP contribution is -2.44. The van der Waals surface area contributed by atoms with Crippen molar-refractivity contribution in [3.63, 3.8) is 0 Å². The van der Waals surface area contributed by atoms with Gasteiger partial charge in [-0.3, -0.25) is 9.78 Å². The van der Waals surface area contributed by atoms with E-state index in [0.717, 1.165) is 6.26 Å². The van der Waals surface area contributed by atoms with Crippen LogP contribution in [-0.4, -0.2) is 43.3 Å². The van der Waals surface area contributed by atoms with Crippen LogP contribution in [0.4, 0.5) is 0 Å². The molecule has 1 aromatic rings. The van der Waals surface area contributed by atoms with E-state index in [4.69, 9.17) is 0 Å². The number of rotatable bonds is 6. The highest BCUT2D eigenvalue weighted by molar-refractivity contribution is 7.88. The first-order chi connectivity index (χ1) is 9.85. The van der Waals surface area contributed by atoms with Crippen LogP contribution in [0.1, 0.15) is 24.6 Å². The zero-order valence-corrected chi connectivity index (χ0v) is 12.5. The first-order valence-electron chi connectivity index (χ1n) is 6.68. The molecule has 1 atom stereocenters. The van der Waals surface area contributed by atoms with Gasteiger partial charge in [0.2, 0.25) is 15.9 Å². The van der Waals surface area contributed by atoms with Crippen LogP contribution in [0.2, 0.25) is 0 Å². The molecule has 3 N–H and O–H groups in total. The molecule has 0 saturated heterocycles. The van der Waals surface area contributed by atoms with Gasteiger partial charge < -0.3 is 10.4 Å². The van der Waals surface area contributed by atoms with E-state index in [0.29, 0.717) is 18.5 Å². The van der Waals surface area contributed by atoms with Gasteiger partial charge in [0.25, 0.3) is 0 Å². The summed E-state index contributed by atoms with van der Waals surface area (Å²) in [4.78, 5) is 16.1. The maximum absolute atomic E-state index is 11.9. The predicted molar refractivity (Wildman–Crippen MR) is 76.7 cm³/mol. The van der Waals surface area contributed by atoms with Crippen LogP contribution >= 0.6 is 0 Å². The van der Waals surface area contributed by atoms with Crippen molar-refractivity contribution in [2.75, 3.05) is 12.8 Å². The molecule has 21 heavy (non-hydrogen) atoms. The van der Waals surface area contributed by atoms with Gasteiger partial charge in [-0.25, -0.2) is 13.1 Å². The van der Waals surface area contributed by atoms with Crippen molar-refractivity contribution in [2.24, 2.45) is 5.92 Å². The number of nitrogens with zero attached hydrogens (tertiary/aromatic N) is 1. The monoisotopic (exact) mass is 313 g/mol. The summed E-state index contributed by atoms with van der Waals surface area (Å²) in [5.41, 5.74) is 0.710. The zero-order valence-electron chi connectivity index (χ0n) is 11.7. The Morgan fingerprint density at radius 3 is 2.71 bits per heavy atom. The van der Waals surface area contributed by atoms with Crippen LogP contribution in [0.3, 0.4) is 0 Å². The standard InChI is InChI=1S/C13H19N3O4S/c1-21(19,20)15-8-12(18)16-13(9-6-10(17)7-9)11-4-2-3-5-14-11/h2-5,9-10,13,15,17H,6-8H2,1H3,(H,16,18). The lowest BCUT2D eigenvalue weighted by Gasteiger charge is -2.37. The van der Waals surface area contributed by atoms with Crippen molar-refractivity contribution in [1.82, 2.24) is 15.0 Å². The average Bonchev–Trinajstić information content (AvgIpc) is 2.40. The molecule has 1 fully saturated rings. The third-order valence-electron chi connectivity index (χ3n) is 3.44. The van der Waals surface area contributed by atoms with Crippen LogP contribution in [0, 0.1) is 5.92 Å². The fourth-order valence-electron chi connectivity index (χ4n) is 2.32. The van der Waals surface area contributed by atoms with Gasteiger partial charge in [0, 0.05) is 6.20 Å². The van der Waals surface area contributed by atoms with Gasteiger partial charge in [-0.15, -0.1) is 0 Å². The minimum Gasteiger partial charge on any atom is -0.393 e. The Bertz CT molecular complexity index is 585. The Morgan fingerprint density at radius 1 is 1.48 bits per heavy atom. The fraction of sp³-hybridized carbons (Fsp3) is 0.538. The SMILES string of the molecule is CS(=O)(=O)NCC(=O)NC(c1ccccn1)C1CC(O)C1. The quantitative estimate of drug-likeness (QED) is 0.660. The number of pyridine rings is 1. The van der Waals surface area contributed by atoms with E-state index in [1.165, 1.54) is 0 Å². The molecule has 0 bridgehead atoms. The number of nitrogens with one attached hydrogen (secondary N) is 2. The van der Waals surface area contributed by atoms with Gasteiger partial charge >= 0.3 is 0 Å². The molecule has 1 aliphatic carbocycles. The summed E-state index contributed by atoms with van der Waals surface area (Å²) in [5, 5.41) is 12.2. The second-order valence-corrected chi connectivity index (χ2v) is 7.11. The molecule has 116 valence electrons. The minimum absolute atomic E-state index is 0.108. The van der Waals surface area contributed by atoms with E-state index >= 15 is 0 Å². The lowest BCUT2D eigenvalue weighted by molar-refractivity contribution is -0.122. The van der Waals surface area contributed by atoms with Crippen LogP contribution in [0.5, 0.6) is 0 Å². The van der Waals surface area contributed by atoms with Gasteiger partial charge in [0.15, 0.2) is 0 Å². The number of aliphatic hydroxyl groups is 1. The molecule has 1 heterocycles. The van der Waals surface area contributed by atoms with Gasteiger partial charge in [0.05, 0.1) is 30.6 Å². The summed E-state index contributed by atoms with van der Waals surface area (Å²) in [7, 11) is -3.41. The topological polar surface area (TPSA) is 108 Å². The van der Waals surface area contributed by atoms with E-state index in [2.05, 4.69) is 15.0 Å². The van der Waals surface area contributed by atoms with Gasteiger partial charge in [-0.1, -0.05) is 6.07 Å². The first kappa shape index (κ1) is 15.9. The number of carbonyl (C=O) groups is 1. The first-order valence-corrected chi connectivity index (χ1v) is 8.57. The Hall–Kier alpha value is -1.51. The number of sulfonamides is 1. The third-order valence-corrected chi connectivity index (χ3v) is 4.11. The van der Waals surface area contributed by atoms with E-state index in [-0.39, 0.29) is 24.6 Å². The molecule has 0 spiro atoms. The van der Waals surface area contributed by atoms with E-state index in [1.54, 1.807) is 18.3 Å². The summed E-state index contributed by atoms with van der Waals surface area (Å²) < 4.78 is 24.2. The van der Waals surface area contributed by atoms with Crippen molar-refractivity contribution in [2.45, 2.75) is 25.0 Å². The minimum atomic E-state index is -3.41. The largest absolute Gasteiger partial charge is 0.393 e. The summed E-state index contributed by atoms with van der Waals surface area (Å²) in [6, 6.07) is 5.09. The number of aromatic nitrogens is 1. The van der Waals surface area contributed by atoms with Gasteiger partial charge in [0.1, 0.15) is 0 Å². The number of carbonyl (C=O) groups excluding carboxylic acids is 1. The highest BCUT2D eigenvalue weighted by atomic mass is 32.2. The van der Waals surface area contributed by atoms with Crippen molar-refractivity contribution >= 4 is 15.9 Å². The van der Waals surface area contributed by atoms with Crippen LogP contribution in [0.25, 0.3) is 0 Å². The number of amides is 1. The number of aliphatic hydroxyl groups excluding tert-OH is 1. The van der Waals surface area contributed by atoms with E-state index < -0.39 is 15.9 Å². The molecule has 8 heteroatoms. The molecular formula is C13H19N3O4S. The van der Waals surface area contributed by atoms with Crippen molar-refractivity contribution in [3.8, 4) is 0 Å². The number of hydrogen-bond acceptors (Lipinski definition) is 5. The Morgan fingerprint density at radius 2 is 2.19 bits per heavy atom. The zero-order chi connectivity index (χ0) is 15.5. The van der Waals surface area contributed by atoms with Crippen LogP contribution in [0.15, 0.2) is 24.4 Å². The molecule has 1 unspecified atom stereocenters. The van der Waals surface area contributed by atoms with Crippen LogP contribution in [-0.2, 0) is 14.8 Å². The molecule has 0 aromatic carbocycles. The molecule has 1 aromatic heterocycles. The summed E-state index contributed by atoms with van der Waals surface area (Å²) in [6.45, 7) is -0.308.